The third-order valence-electron chi connectivity index (χ3n) is 6.76. The number of furan rings is 1. The maximum absolute atomic E-state index is 7.23. The van der Waals surface area contributed by atoms with E-state index in [4.69, 9.17) is 8.53 Å². The first kappa shape index (κ1) is 25.6. The molecule has 0 aliphatic rings. The number of fused-ring (bicyclic) bond motifs is 3. The molecule has 205 valence electrons. The second kappa shape index (κ2) is 12.4. The van der Waals surface area contributed by atoms with Crippen molar-refractivity contribution in [2.45, 2.75) is 46.3 Å². The molecule has 0 saturated heterocycles. The maximum Gasteiger partial charge on any atom is 0.120 e. The summed E-state index contributed by atoms with van der Waals surface area (Å²) in [4.78, 5) is 8.79. The van der Waals surface area contributed by atoms with Crippen LogP contribution in [0.4, 0.5) is 0 Å². The first-order valence-corrected chi connectivity index (χ1v) is 16.7. The smallest absolute Gasteiger partial charge is 0.120 e. The van der Waals surface area contributed by atoms with Crippen LogP contribution in [0.2, 0.25) is 19.6 Å². The fourth-order valence-corrected chi connectivity index (χ4v) is 5.55. The third kappa shape index (κ3) is 6.50. The number of rotatable bonds is 4. The quantitative estimate of drug-likeness (QED) is 0.135. The largest absolute Gasteiger partial charge is 0.501 e. The summed E-state index contributed by atoms with van der Waals surface area (Å²) >= 11 is 0. The van der Waals surface area contributed by atoms with Crippen LogP contribution in [0.15, 0.2) is 95.7 Å². The van der Waals surface area contributed by atoms with Crippen LogP contribution in [0.3, 0.4) is 0 Å². The van der Waals surface area contributed by atoms with E-state index in [-0.39, 0.29) is 25.7 Å². The molecule has 0 aliphatic carbocycles. The van der Waals surface area contributed by atoms with Gasteiger partial charge in [-0.2, -0.15) is 0 Å². The summed E-state index contributed by atoms with van der Waals surface area (Å²) in [7, 11) is -1.37. The van der Waals surface area contributed by atoms with Crippen molar-refractivity contribution in [1.82, 2.24) is 9.97 Å². The first-order valence-electron chi connectivity index (χ1n) is 14.7. The van der Waals surface area contributed by atoms with E-state index >= 15 is 0 Å². The SMILES string of the molecule is CC(C)c1ccc(-c2[c-]ccc3c2oc2cc([Si](C)(C)C)ccc23)nc1.[2H]C([2H])([2H])c1ccc(-c2[c-]cccc2)nc1.[Ir]. The minimum atomic E-state index is -2.09. The number of aryl methyl sites for hydroxylation is 1. The molecule has 6 rings (SSSR count). The summed E-state index contributed by atoms with van der Waals surface area (Å²) in [6.07, 6.45) is 3.35. The number of aromatic nitrogens is 2. The van der Waals surface area contributed by atoms with E-state index in [1.54, 1.807) is 18.2 Å². The molecule has 0 amide bonds. The molecule has 3 nitrogen and oxygen atoms in total. The molecule has 6 aromatic rings. The van der Waals surface area contributed by atoms with Crippen molar-refractivity contribution >= 4 is 35.2 Å². The first-order chi connectivity index (χ1) is 19.9. The van der Waals surface area contributed by atoms with Crippen LogP contribution < -0.4 is 5.19 Å². The summed E-state index contributed by atoms with van der Waals surface area (Å²) in [5, 5.41) is 3.70. The van der Waals surface area contributed by atoms with Gasteiger partial charge < -0.3 is 14.4 Å². The van der Waals surface area contributed by atoms with Gasteiger partial charge in [0.15, 0.2) is 0 Å². The van der Waals surface area contributed by atoms with Crippen LogP contribution in [0.1, 0.15) is 35.0 Å². The van der Waals surface area contributed by atoms with Crippen molar-refractivity contribution in [2.24, 2.45) is 0 Å². The van der Waals surface area contributed by atoms with Crippen molar-refractivity contribution in [1.29, 1.82) is 0 Å². The maximum atomic E-state index is 7.23. The van der Waals surface area contributed by atoms with Crippen molar-refractivity contribution in [3.63, 3.8) is 0 Å². The van der Waals surface area contributed by atoms with E-state index < -0.39 is 14.9 Å². The Morgan fingerprint density at radius 1 is 0.825 bits per heavy atom. The predicted octanol–water partition coefficient (Wildman–Crippen LogP) is 8.97. The summed E-state index contributed by atoms with van der Waals surface area (Å²) in [6, 6.07) is 32.1. The van der Waals surface area contributed by atoms with Gasteiger partial charge in [0.05, 0.1) is 13.7 Å². The van der Waals surface area contributed by atoms with Gasteiger partial charge in [-0.05, 0) is 41.4 Å². The molecule has 0 atom stereocenters. The Morgan fingerprint density at radius 3 is 2.25 bits per heavy atom. The van der Waals surface area contributed by atoms with E-state index in [0.717, 1.165) is 44.5 Å². The standard InChI is InChI=1S/C23H24NOSi.C12H10N.Ir/c1-15(2)16-9-12-21(24-14-16)20-8-6-7-19-18-11-10-17(26(3,4)5)13-22(18)25-23(19)20;1-10-7-8-12(13-9-10)11-5-3-2-4-6-11;/h6-7,9-15H,1-5H3;2-5,7-9H,1H3;/q2*-1;/i;1D3;. The number of benzene rings is 3. The average Bonchev–Trinajstić information content (AvgIpc) is 3.35. The Bertz CT molecular complexity index is 1810. The summed E-state index contributed by atoms with van der Waals surface area (Å²) in [5.41, 5.74) is 6.76. The van der Waals surface area contributed by atoms with Gasteiger partial charge in [0.2, 0.25) is 0 Å². The molecule has 3 aromatic heterocycles. The van der Waals surface area contributed by atoms with Crippen molar-refractivity contribution < 1.29 is 28.6 Å². The van der Waals surface area contributed by atoms with Crippen LogP contribution in [-0.2, 0) is 20.1 Å². The molecule has 1 radical (unpaired) electrons. The van der Waals surface area contributed by atoms with Gasteiger partial charge in [-0.1, -0.05) is 86.0 Å². The van der Waals surface area contributed by atoms with Crippen LogP contribution in [0.25, 0.3) is 44.5 Å². The van der Waals surface area contributed by atoms with E-state index in [1.165, 1.54) is 16.9 Å². The fourth-order valence-electron chi connectivity index (χ4n) is 4.40. The van der Waals surface area contributed by atoms with Crippen molar-refractivity contribution in [3.8, 4) is 22.5 Å². The van der Waals surface area contributed by atoms with Crippen LogP contribution in [-0.4, -0.2) is 18.0 Å². The molecule has 0 saturated carbocycles. The average molecular weight is 722 g/mol. The zero-order valence-electron chi connectivity index (χ0n) is 26.4. The fraction of sp³-hybridized carbons (Fsp3) is 0.200. The predicted molar refractivity (Wildman–Crippen MR) is 166 cm³/mol. The normalized spacial score (nSPS) is 12.7. The molecule has 0 fully saturated rings. The second-order valence-electron chi connectivity index (χ2n) is 11.0. The topological polar surface area (TPSA) is 38.9 Å². The number of hydrogen-bond acceptors (Lipinski definition) is 3. The van der Waals surface area contributed by atoms with Gasteiger partial charge in [-0.3, -0.25) is 0 Å². The molecule has 5 heteroatoms. The molecule has 3 aromatic carbocycles. The van der Waals surface area contributed by atoms with Gasteiger partial charge in [-0.25, -0.2) is 0 Å². The monoisotopic (exact) mass is 722 g/mol. The molecule has 0 bridgehead atoms. The Labute approximate surface area is 256 Å². The zero-order chi connectivity index (χ0) is 30.1. The van der Waals surface area contributed by atoms with Gasteiger partial charge in [0, 0.05) is 42.0 Å². The molecular formula is C35H34IrN2OSi-2. The summed E-state index contributed by atoms with van der Waals surface area (Å²) < 4.78 is 28.0. The molecular weight excluding hydrogens is 685 g/mol. The van der Waals surface area contributed by atoms with Crippen molar-refractivity contribution in [2.75, 3.05) is 0 Å². The zero-order valence-corrected chi connectivity index (χ0v) is 26.8. The van der Waals surface area contributed by atoms with Gasteiger partial charge in [0.1, 0.15) is 5.58 Å². The molecule has 0 aliphatic heterocycles. The van der Waals surface area contributed by atoms with E-state index in [9.17, 15) is 0 Å². The van der Waals surface area contributed by atoms with Gasteiger partial charge in [-0.15, -0.1) is 54.1 Å². The minimum Gasteiger partial charge on any atom is -0.501 e. The van der Waals surface area contributed by atoms with E-state index in [0.29, 0.717) is 5.92 Å². The molecule has 0 unspecified atom stereocenters. The van der Waals surface area contributed by atoms with Crippen LogP contribution >= 0.6 is 0 Å². The third-order valence-corrected chi connectivity index (χ3v) is 8.80. The van der Waals surface area contributed by atoms with Gasteiger partial charge in [0.25, 0.3) is 0 Å². The van der Waals surface area contributed by atoms with Crippen LogP contribution in [0.5, 0.6) is 0 Å². The number of hydrogen-bond donors (Lipinski definition) is 0. The van der Waals surface area contributed by atoms with Gasteiger partial charge >= 0.3 is 0 Å². The Hall–Kier alpha value is -3.37. The summed E-state index contributed by atoms with van der Waals surface area (Å²) in [6.45, 7) is 9.34. The minimum absolute atomic E-state index is 0. The van der Waals surface area contributed by atoms with E-state index in [2.05, 4.69) is 92.0 Å². The Balaban J connectivity index is 0.000000215. The Kier molecular flexibility index (Phi) is 7.95. The molecule has 3 heterocycles. The van der Waals surface area contributed by atoms with Crippen molar-refractivity contribution in [3.05, 3.63) is 115 Å². The Morgan fingerprint density at radius 2 is 1.62 bits per heavy atom. The second-order valence-corrected chi connectivity index (χ2v) is 16.1. The summed E-state index contributed by atoms with van der Waals surface area (Å²) in [5.74, 6) is 0.475. The molecule has 0 N–H and O–H groups in total. The molecule has 0 spiro atoms. The van der Waals surface area contributed by atoms with E-state index in [1.807, 2.05) is 30.5 Å². The number of nitrogens with zero attached hydrogens (tertiary/aromatic N) is 2. The molecule has 40 heavy (non-hydrogen) atoms. The number of pyridine rings is 2. The van der Waals surface area contributed by atoms with Crippen LogP contribution in [0, 0.1) is 19.0 Å².